The normalized spacial score (nSPS) is 16.8. The van der Waals surface area contributed by atoms with Crippen molar-refractivity contribution in [3.63, 3.8) is 0 Å². The quantitative estimate of drug-likeness (QED) is 0.347. The lowest BCUT2D eigenvalue weighted by atomic mass is 9.93. The van der Waals surface area contributed by atoms with E-state index in [2.05, 4.69) is 29.1 Å². The maximum absolute atomic E-state index is 13.6. The molecule has 2 heterocycles. The second-order valence-corrected chi connectivity index (χ2v) is 9.65. The largest absolute Gasteiger partial charge is 0.416 e. The predicted molar refractivity (Wildman–Crippen MR) is 129 cm³/mol. The zero-order chi connectivity index (χ0) is 24.8. The smallest absolute Gasteiger partial charge is 0.348 e. The molecule has 2 aromatic carbocycles. The van der Waals surface area contributed by atoms with Gasteiger partial charge in [-0.1, -0.05) is 32.0 Å². The molecule has 35 heavy (non-hydrogen) atoms. The van der Waals surface area contributed by atoms with Crippen LogP contribution in [0.4, 0.5) is 13.2 Å². The van der Waals surface area contributed by atoms with Crippen molar-refractivity contribution < 1.29 is 18.0 Å². The summed E-state index contributed by atoms with van der Waals surface area (Å²) >= 11 is 0. The number of carbonyl (C=O) groups is 1. The van der Waals surface area contributed by atoms with Crippen LogP contribution in [-0.4, -0.2) is 15.9 Å². The second kappa shape index (κ2) is 8.48. The molecule has 7 heteroatoms. The van der Waals surface area contributed by atoms with Crippen LogP contribution in [0.25, 0.3) is 22.2 Å². The van der Waals surface area contributed by atoms with E-state index in [1.807, 2.05) is 18.2 Å². The number of aromatic nitrogens is 2. The summed E-state index contributed by atoms with van der Waals surface area (Å²) in [5.74, 6) is -0.0828. The first-order valence-corrected chi connectivity index (χ1v) is 11.4. The van der Waals surface area contributed by atoms with E-state index >= 15 is 0 Å². The summed E-state index contributed by atoms with van der Waals surface area (Å²) in [6, 6.07) is 16.2. The van der Waals surface area contributed by atoms with Gasteiger partial charge in [-0.3, -0.25) is 14.8 Å². The molecule has 4 aromatic rings. The summed E-state index contributed by atoms with van der Waals surface area (Å²) in [6.07, 6.45) is -0.250. The average Bonchev–Trinajstić information content (AvgIpc) is 3.49. The van der Waals surface area contributed by atoms with Crippen LogP contribution in [0.1, 0.15) is 53.2 Å². The number of alkyl halides is 3. The van der Waals surface area contributed by atoms with E-state index in [-0.39, 0.29) is 23.8 Å². The Hall–Kier alpha value is -3.74. The molecule has 1 aliphatic carbocycles. The lowest BCUT2D eigenvalue weighted by Crippen LogP contribution is -2.23. The molecular weight excluding hydrogens is 451 g/mol. The number of nitrogens with zero attached hydrogens (tertiary/aromatic N) is 2. The van der Waals surface area contributed by atoms with Gasteiger partial charge < -0.3 is 5.32 Å². The van der Waals surface area contributed by atoms with Crippen molar-refractivity contribution in [1.82, 2.24) is 15.3 Å². The van der Waals surface area contributed by atoms with Gasteiger partial charge in [-0.05, 0) is 71.3 Å². The molecule has 1 aliphatic rings. The van der Waals surface area contributed by atoms with Gasteiger partial charge in [0.1, 0.15) is 0 Å². The second-order valence-electron chi connectivity index (χ2n) is 9.65. The molecule has 2 aromatic heterocycles. The molecule has 0 bridgehead atoms. The Bertz CT molecular complexity index is 1430. The van der Waals surface area contributed by atoms with Gasteiger partial charge in [0.05, 0.1) is 16.8 Å². The van der Waals surface area contributed by atoms with Crippen molar-refractivity contribution >= 4 is 16.8 Å². The summed E-state index contributed by atoms with van der Waals surface area (Å²) in [7, 11) is 0. The summed E-state index contributed by atoms with van der Waals surface area (Å²) in [6.45, 7) is 4.35. The van der Waals surface area contributed by atoms with Crippen LogP contribution < -0.4 is 5.32 Å². The van der Waals surface area contributed by atoms with E-state index in [0.29, 0.717) is 22.4 Å². The highest BCUT2D eigenvalue weighted by atomic mass is 19.4. The van der Waals surface area contributed by atoms with Crippen LogP contribution in [0.5, 0.6) is 0 Å². The molecule has 1 fully saturated rings. The van der Waals surface area contributed by atoms with Gasteiger partial charge >= 0.3 is 6.18 Å². The molecule has 0 spiro atoms. The molecule has 0 unspecified atom stereocenters. The number of halogens is 3. The first kappa shape index (κ1) is 23.0. The Morgan fingerprint density at radius 2 is 1.77 bits per heavy atom. The van der Waals surface area contributed by atoms with Crippen molar-refractivity contribution in [2.45, 2.75) is 38.9 Å². The van der Waals surface area contributed by atoms with Crippen molar-refractivity contribution in [1.29, 1.82) is 0 Å². The van der Waals surface area contributed by atoms with Crippen LogP contribution in [-0.2, 0) is 12.7 Å². The molecule has 1 saturated carbocycles. The number of carbonyl (C=O) groups excluding carboxylic acids is 1. The van der Waals surface area contributed by atoms with Gasteiger partial charge in [-0.2, -0.15) is 13.2 Å². The number of amides is 1. The van der Waals surface area contributed by atoms with E-state index in [0.717, 1.165) is 35.0 Å². The van der Waals surface area contributed by atoms with Crippen LogP contribution in [0.3, 0.4) is 0 Å². The van der Waals surface area contributed by atoms with Gasteiger partial charge in [0.2, 0.25) is 0 Å². The first-order valence-electron chi connectivity index (χ1n) is 11.4. The van der Waals surface area contributed by atoms with E-state index in [1.54, 1.807) is 36.7 Å². The number of benzene rings is 2. The molecule has 1 amide bonds. The maximum atomic E-state index is 13.6. The third kappa shape index (κ3) is 4.63. The highest BCUT2D eigenvalue weighted by Gasteiger charge is 2.47. The van der Waals surface area contributed by atoms with Crippen molar-refractivity contribution in [2.24, 2.45) is 5.41 Å². The standard InChI is InChI=1S/C28H24F3N3O/c1-27(2)15-23(27)21-6-4-12-33-25(21)22-14-20(28(29,30)31)9-7-19(22)16-34-26(35)18-8-10-24-17(13-18)5-3-11-32-24/h3-14,23H,15-16H2,1-2H3,(H,34,35)/t23-/m0/s1. The molecule has 5 rings (SSSR count). The van der Waals surface area contributed by atoms with Crippen LogP contribution >= 0.6 is 0 Å². The monoisotopic (exact) mass is 475 g/mol. The number of hydrogen-bond donors (Lipinski definition) is 1. The predicted octanol–water partition coefficient (Wildman–Crippen LogP) is 6.76. The number of hydrogen-bond acceptors (Lipinski definition) is 3. The average molecular weight is 476 g/mol. The lowest BCUT2D eigenvalue weighted by molar-refractivity contribution is -0.137. The van der Waals surface area contributed by atoms with E-state index < -0.39 is 11.7 Å². The molecule has 0 aliphatic heterocycles. The third-order valence-electron chi connectivity index (χ3n) is 6.72. The number of pyridine rings is 2. The number of fused-ring (bicyclic) bond motifs is 1. The molecule has 0 saturated heterocycles. The summed E-state index contributed by atoms with van der Waals surface area (Å²) < 4.78 is 40.7. The summed E-state index contributed by atoms with van der Waals surface area (Å²) in [4.78, 5) is 21.6. The fraction of sp³-hybridized carbons (Fsp3) is 0.250. The highest BCUT2D eigenvalue weighted by molar-refractivity contribution is 5.98. The molecule has 1 N–H and O–H groups in total. The zero-order valence-electron chi connectivity index (χ0n) is 19.4. The Kier molecular flexibility index (Phi) is 5.58. The Balaban J connectivity index is 1.48. The molecule has 4 nitrogen and oxygen atoms in total. The van der Waals surface area contributed by atoms with E-state index in [9.17, 15) is 18.0 Å². The van der Waals surface area contributed by atoms with Crippen LogP contribution in [0.2, 0.25) is 0 Å². The van der Waals surface area contributed by atoms with Gasteiger partial charge in [0.25, 0.3) is 5.91 Å². The zero-order valence-corrected chi connectivity index (χ0v) is 19.4. The highest BCUT2D eigenvalue weighted by Crippen LogP contribution is 2.60. The fourth-order valence-electron chi connectivity index (χ4n) is 4.54. The van der Waals surface area contributed by atoms with E-state index in [1.165, 1.54) is 6.07 Å². The van der Waals surface area contributed by atoms with Crippen LogP contribution in [0.15, 0.2) is 73.1 Å². The number of nitrogens with one attached hydrogen (secondary N) is 1. The Labute approximate surface area is 201 Å². The summed E-state index contributed by atoms with van der Waals surface area (Å²) in [5.41, 5.74) is 3.02. The molecule has 1 atom stereocenters. The van der Waals surface area contributed by atoms with Crippen molar-refractivity contribution in [3.05, 3.63) is 95.3 Å². The summed E-state index contributed by atoms with van der Waals surface area (Å²) in [5, 5.41) is 3.69. The van der Waals surface area contributed by atoms with Gasteiger partial charge in [0.15, 0.2) is 0 Å². The lowest BCUT2D eigenvalue weighted by Gasteiger charge is -2.17. The SMILES string of the molecule is CC1(C)C[C@H]1c1cccnc1-c1cc(C(F)(F)F)ccc1CNC(=O)c1ccc2ncccc2c1. The minimum Gasteiger partial charge on any atom is -0.348 e. The molecule has 178 valence electrons. The minimum atomic E-state index is -4.48. The Morgan fingerprint density at radius 3 is 2.51 bits per heavy atom. The van der Waals surface area contributed by atoms with Crippen molar-refractivity contribution in [3.8, 4) is 11.3 Å². The van der Waals surface area contributed by atoms with E-state index in [4.69, 9.17) is 0 Å². The number of rotatable bonds is 5. The van der Waals surface area contributed by atoms with Gasteiger partial charge in [0, 0.05) is 35.5 Å². The van der Waals surface area contributed by atoms with Gasteiger partial charge in [-0.25, -0.2) is 0 Å². The topological polar surface area (TPSA) is 54.9 Å². The molecule has 0 radical (unpaired) electrons. The first-order chi connectivity index (χ1) is 16.6. The maximum Gasteiger partial charge on any atom is 0.416 e. The van der Waals surface area contributed by atoms with Gasteiger partial charge in [-0.15, -0.1) is 0 Å². The Morgan fingerprint density at radius 1 is 1.03 bits per heavy atom. The molecular formula is C28H24F3N3O. The minimum absolute atomic E-state index is 0.0709. The van der Waals surface area contributed by atoms with Crippen molar-refractivity contribution in [2.75, 3.05) is 0 Å². The fourth-order valence-corrected chi connectivity index (χ4v) is 4.54. The third-order valence-corrected chi connectivity index (χ3v) is 6.72. The van der Waals surface area contributed by atoms with Crippen LogP contribution in [0, 0.1) is 5.41 Å².